The standard InChI is InChI=1S/C22H22ClN3O3/c1-15(2)26(21(27)13-12-16-8-4-7-11-19(16)28-3)14-20-24-25-22(29-20)17-9-5-6-10-18(17)23/h4-13,15H,14H2,1-3H3/b13-12+. The van der Waals surface area contributed by atoms with E-state index in [2.05, 4.69) is 10.2 Å². The van der Waals surface area contributed by atoms with Gasteiger partial charge in [0, 0.05) is 17.7 Å². The fourth-order valence-electron chi connectivity index (χ4n) is 2.78. The minimum absolute atomic E-state index is 0.0551. The monoisotopic (exact) mass is 411 g/mol. The van der Waals surface area contributed by atoms with Crippen molar-refractivity contribution in [2.75, 3.05) is 7.11 Å². The first-order valence-corrected chi connectivity index (χ1v) is 9.56. The molecule has 0 aliphatic rings. The summed E-state index contributed by atoms with van der Waals surface area (Å²) in [6.45, 7) is 4.06. The number of nitrogens with zero attached hydrogens (tertiary/aromatic N) is 3. The number of amides is 1. The van der Waals surface area contributed by atoms with Gasteiger partial charge in [0.25, 0.3) is 0 Å². The number of para-hydroxylation sites is 1. The Balaban J connectivity index is 1.76. The molecule has 0 aliphatic heterocycles. The van der Waals surface area contributed by atoms with Crippen LogP contribution in [0.15, 0.2) is 59.0 Å². The van der Waals surface area contributed by atoms with Crippen LogP contribution in [0.1, 0.15) is 25.3 Å². The third kappa shape index (κ3) is 5.03. The van der Waals surface area contributed by atoms with Gasteiger partial charge in [-0.15, -0.1) is 10.2 Å². The lowest BCUT2D eigenvalue weighted by molar-refractivity contribution is -0.128. The second-order valence-corrected chi connectivity index (χ2v) is 7.02. The topological polar surface area (TPSA) is 68.5 Å². The number of hydrogen-bond acceptors (Lipinski definition) is 5. The number of carbonyl (C=O) groups is 1. The molecule has 2 aromatic carbocycles. The smallest absolute Gasteiger partial charge is 0.249 e. The number of hydrogen-bond donors (Lipinski definition) is 0. The van der Waals surface area contributed by atoms with Crippen LogP contribution in [0.4, 0.5) is 0 Å². The Bertz CT molecular complexity index is 1010. The highest BCUT2D eigenvalue weighted by Crippen LogP contribution is 2.26. The lowest BCUT2D eigenvalue weighted by atomic mass is 10.2. The Kier molecular flexibility index (Phi) is 6.67. The molecule has 0 aliphatic carbocycles. The summed E-state index contributed by atoms with van der Waals surface area (Å²) in [5.74, 6) is 1.20. The molecule has 0 fully saturated rings. The summed E-state index contributed by atoms with van der Waals surface area (Å²) in [5, 5.41) is 8.66. The zero-order valence-corrected chi connectivity index (χ0v) is 17.3. The Morgan fingerprint density at radius 3 is 2.62 bits per heavy atom. The molecule has 3 aromatic rings. The van der Waals surface area contributed by atoms with Gasteiger partial charge in [-0.2, -0.15) is 0 Å². The van der Waals surface area contributed by atoms with E-state index in [0.717, 1.165) is 5.56 Å². The molecule has 0 N–H and O–H groups in total. The lowest BCUT2D eigenvalue weighted by Gasteiger charge is -2.23. The number of aromatic nitrogens is 2. The maximum absolute atomic E-state index is 12.8. The molecule has 0 bridgehead atoms. The van der Waals surface area contributed by atoms with E-state index in [4.69, 9.17) is 20.8 Å². The van der Waals surface area contributed by atoms with E-state index in [1.807, 2.05) is 50.2 Å². The van der Waals surface area contributed by atoms with E-state index < -0.39 is 0 Å². The van der Waals surface area contributed by atoms with E-state index in [-0.39, 0.29) is 18.5 Å². The maximum Gasteiger partial charge on any atom is 0.249 e. The van der Waals surface area contributed by atoms with Gasteiger partial charge in [0.2, 0.25) is 17.7 Å². The first-order chi connectivity index (χ1) is 14.0. The number of rotatable bonds is 7. The van der Waals surface area contributed by atoms with Crippen LogP contribution in [0.5, 0.6) is 5.75 Å². The molecule has 1 heterocycles. The van der Waals surface area contributed by atoms with E-state index >= 15 is 0 Å². The molecule has 0 saturated heterocycles. The summed E-state index contributed by atoms with van der Waals surface area (Å²) < 4.78 is 11.1. The average Bonchev–Trinajstić information content (AvgIpc) is 3.19. The summed E-state index contributed by atoms with van der Waals surface area (Å²) in [6.07, 6.45) is 3.25. The van der Waals surface area contributed by atoms with Crippen molar-refractivity contribution in [1.29, 1.82) is 0 Å². The average molecular weight is 412 g/mol. The molecule has 0 radical (unpaired) electrons. The van der Waals surface area contributed by atoms with Gasteiger partial charge in [0.1, 0.15) is 5.75 Å². The van der Waals surface area contributed by atoms with Gasteiger partial charge >= 0.3 is 0 Å². The van der Waals surface area contributed by atoms with Crippen LogP contribution >= 0.6 is 11.6 Å². The third-order valence-corrected chi connectivity index (χ3v) is 4.66. The SMILES string of the molecule is COc1ccccc1/C=C/C(=O)N(Cc1nnc(-c2ccccc2Cl)o1)C(C)C. The van der Waals surface area contributed by atoms with Crippen molar-refractivity contribution < 1.29 is 13.9 Å². The molecular formula is C22H22ClN3O3. The highest BCUT2D eigenvalue weighted by atomic mass is 35.5. The van der Waals surface area contributed by atoms with Gasteiger partial charge in [-0.3, -0.25) is 4.79 Å². The van der Waals surface area contributed by atoms with Gasteiger partial charge in [-0.05, 0) is 38.1 Å². The minimum Gasteiger partial charge on any atom is -0.496 e. The lowest BCUT2D eigenvalue weighted by Crippen LogP contribution is -2.35. The van der Waals surface area contributed by atoms with Crippen molar-refractivity contribution in [2.45, 2.75) is 26.4 Å². The van der Waals surface area contributed by atoms with Crippen LogP contribution in [-0.2, 0) is 11.3 Å². The second-order valence-electron chi connectivity index (χ2n) is 6.62. The van der Waals surface area contributed by atoms with Gasteiger partial charge < -0.3 is 14.1 Å². The highest BCUT2D eigenvalue weighted by molar-refractivity contribution is 6.33. The Morgan fingerprint density at radius 1 is 1.17 bits per heavy atom. The number of carbonyl (C=O) groups excluding carboxylic acids is 1. The van der Waals surface area contributed by atoms with Crippen molar-refractivity contribution in [3.05, 3.63) is 71.1 Å². The molecule has 1 aromatic heterocycles. The Morgan fingerprint density at radius 2 is 1.90 bits per heavy atom. The summed E-state index contributed by atoms with van der Waals surface area (Å²) in [6, 6.07) is 14.7. The first kappa shape index (κ1) is 20.6. The van der Waals surface area contributed by atoms with E-state index in [0.29, 0.717) is 28.1 Å². The molecule has 0 unspecified atom stereocenters. The quantitative estimate of drug-likeness (QED) is 0.520. The molecule has 0 spiro atoms. The van der Waals surface area contributed by atoms with E-state index in [9.17, 15) is 4.79 Å². The largest absolute Gasteiger partial charge is 0.496 e. The van der Waals surface area contributed by atoms with Crippen LogP contribution in [-0.4, -0.2) is 34.2 Å². The third-order valence-electron chi connectivity index (χ3n) is 4.33. The van der Waals surface area contributed by atoms with Crippen molar-refractivity contribution in [3.63, 3.8) is 0 Å². The number of ether oxygens (including phenoxy) is 1. The molecule has 0 saturated carbocycles. The van der Waals surface area contributed by atoms with E-state index in [1.165, 1.54) is 6.08 Å². The van der Waals surface area contributed by atoms with Gasteiger partial charge in [0.15, 0.2) is 0 Å². The molecule has 3 rings (SSSR count). The number of benzene rings is 2. The zero-order valence-electron chi connectivity index (χ0n) is 16.5. The summed E-state index contributed by atoms with van der Waals surface area (Å²) in [4.78, 5) is 14.4. The summed E-state index contributed by atoms with van der Waals surface area (Å²) in [5.41, 5.74) is 1.48. The number of halogens is 1. The van der Waals surface area contributed by atoms with Crippen molar-refractivity contribution in [1.82, 2.24) is 15.1 Å². The summed E-state index contributed by atoms with van der Waals surface area (Å²) in [7, 11) is 1.60. The van der Waals surface area contributed by atoms with Crippen molar-refractivity contribution >= 4 is 23.6 Å². The molecule has 6 nitrogen and oxygen atoms in total. The van der Waals surface area contributed by atoms with Crippen LogP contribution < -0.4 is 4.74 Å². The highest BCUT2D eigenvalue weighted by Gasteiger charge is 2.19. The fourth-order valence-corrected chi connectivity index (χ4v) is 3.00. The van der Waals surface area contributed by atoms with E-state index in [1.54, 1.807) is 30.2 Å². The van der Waals surface area contributed by atoms with Gasteiger partial charge in [-0.1, -0.05) is 41.9 Å². The van der Waals surface area contributed by atoms with Gasteiger partial charge in [-0.25, -0.2) is 0 Å². The van der Waals surface area contributed by atoms with Gasteiger partial charge in [0.05, 0.1) is 24.2 Å². The second kappa shape index (κ2) is 9.39. The molecule has 0 atom stereocenters. The molecule has 150 valence electrons. The predicted octanol–water partition coefficient (Wildman–Crippen LogP) is 4.85. The molecular weight excluding hydrogens is 390 g/mol. The van der Waals surface area contributed by atoms with Crippen molar-refractivity contribution in [3.8, 4) is 17.2 Å². The van der Waals surface area contributed by atoms with Crippen molar-refractivity contribution in [2.24, 2.45) is 0 Å². The van der Waals surface area contributed by atoms with Crippen LogP contribution in [0.2, 0.25) is 5.02 Å². The number of methoxy groups -OCH3 is 1. The minimum atomic E-state index is -0.164. The predicted molar refractivity (Wildman–Crippen MR) is 112 cm³/mol. The fraction of sp³-hybridized carbons (Fsp3) is 0.227. The molecule has 7 heteroatoms. The molecule has 1 amide bonds. The summed E-state index contributed by atoms with van der Waals surface area (Å²) >= 11 is 6.19. The van der Waals surface area contributed by atoms with Crippen LogP contribution in [0, 0.1) is 0 Å². The Labute approximate surface area is 174 Å². The van der Waals surface area contributed by atoms with Crippen LogP contribution in [0.25, 0.3) is 17.5 Å². The zero-order chi connectivity index (χ0) is 20.8. The molecule has 29 heavy (non-hydrogen) atoms. The van der Waals surface area contributed by atoms with Crippen LogP contribution in [0.3, 0.4) is 0 Å². The maximum atomic E-state index is 12.8. The normalized spacial score (nSPS) is 11.2. The Hall–Kier alpha value is -3.12. The first-order valence-electron chi connectivity index (χ1n) is 9.18.